The Morgan fingerprint density at radius 1 is 0.969 bits per heavy atom. The van der Waals surface area contributed by atoms with E-state index in [1.165, 1.54) is 32.4 Å². The summed E-state index contributed by atoms with van der Waals surface area (Å²) in [7, 11) is 2.99. The Labute approximate surface area is 183 Å². The number of benzene rings is 2. The third-order valence-corrected chi connectivity index (χ3v) is 5.94. The molecule has 0 saturated carbocycles. The summed E-state index contributed by atoms with van der Waals surface area (Å²) in [6, 6.07) is 10.1. The van der Waals surface area contributed by atoms with Gasteiger partial charge in [0.15, 0.2) is 17.3 Å². The second-order valence-electron chi connectivity index (χ2n) is 7.75. The molecule has 0 spiro atoms. The van der Waals surface area contributed by atoms with Gasteiger partial charge in [0.2, 0.25) is 5.91 Å². The SMILES string of the molecule is COc1ccc(C2CC(=O)N(c3ccccc3C(F)(F)F)C3=C2C(=O)CCC3)cc1OC. The first-order valence-corrected chi connectivity index (χ1v) is 10.2. The van der Waals surface area contributed by atoms with E-state index >= 15 is 0 Å². The number of amides is 1. The van der Waals surface area contributed by atoms with E-state index in [9.17, 15) is 22.8 Å². The predicted octanol–water partition coefficient (Wildman–Crippen LogP) is 5.25. The lowest BCUT2D eigenvalue weighted by atomic mass is 9.77. The van der Waals surface area contributed by atoms with E-state index in [4.69, 9.17) is 9.47 Å². The topological polar surface area (TPSA) is 55.8 Å². The molecule has 1 atom stereocenters. The number of hydrogen-bond donors (Lipinski definition) is 0. The molecular weight excluding hydrogens is 423 g/mol. The first-order chi connectivity index (χ1) is 15.3. The Balaban J connectivity index is 1.88. The zero-order chi connectivity index (χ0) is 23.0. The maximum Gasteiger partial charge on any atom is 0.418 e. The molecule has 1 aliphatic heterocycles. The Bertz CT molecular complexity index is 1110. The molecule has 5 nitrogen and oxygen atoms in total. The Kier molecular flexibility index (Phi) is 5.71. The van der Waals surface area contributed by atoms with Gasteiger partial charge in [-0.3, -0.25) is 14.5 Å². The van der Waals surface area contributed by atoms with Crippen molar-refractivity contribution in [2.75, 3.05) is 19.1 Å². The molecule has 32 heavy (non-hydrogen) atoms. The Hall–Kier alpha value is -3.29. The average molecular weight is 445 g/mol. The van der Waals surface area contributed by atoms with Crippen molar-refractivity contribution in [2.24, 2.45) is 0 Å². The van der Waals surface area contributed by atoms with Gasteiger partial charge in [-0.1, -0.05) is 18.2 Å². The number of para-hydroxylation sites is 1. The quantitative estimate of drug-likeness (QED) is 0.645. The van der Waals surface area contributed by atoms with Crippen LogP contribution in [0.4, 0.5) is 18.9 Å². The van der Waals surface area contributed by atoms with Gasteiger partial charge in [0.05, 0.1) is 25.5 Å². The molecule has 8 heteroatoms. The van der Waals surface area contributed by atoms with E-state index in [-0.39, 0.29) is 17.9 Å². The standard InChI is InChI=1S/C24H22F3NO4/c1-31-20-11-10-14(12-21(20)32-2)15-13-22(30)28(18-8-5-9-19(29)23(15)18)17-7-4-3-6-16(17)24(25,26)27/h3-4,6-7,10-12,15H,5,8-9,13H2,1-2H3. The highest BCUT2D eigenvalue weighted by Crippen LogP contribution is 2.47. The molecule has 1 heterocycles. The van der Waals surface area contributed by atoms with Crippen molar-refractivity contribution in [1.29, 1.82) is 0 Å². The van der Waals surface area contributed by atoms with Crippen LogP contribution in [0.5, 0.6) is 11.5 Å². The molecule has 1 unspecified atom stereocenters. The smallest absolute Gasteiger partial charge is 0.418 e. The summed E-state index contributed by atoms with van der Waals surface area (Å²) in [6.07, 6.45) is -3.62. The lowest BCUT2D eigenvalue weighted by Gasteiger charge is -2.39. The number of anilines is 1. The van der Waals surface area contributed by atoms with Crippen molar-refractivity contribution in [3.05, 3.63) is 64.9 Å². The lowest BCUT2D eigenvalue weighted by molar-refractivity contribution is -0.137. The Morgan fingerprint density at radius 2 is 1.69 bits per heavy atom. The summed E-state index contributed by atoms with van der Waals surface area (Å²) < 4.78 is 51.7. The van der Waals surface area contributed by atoms with E-state index in [2.05, 4.69) is 0 Å². The van der Waals surface area contributed by atoms with Gasteiger partial charge < -0.3 is 9.47 Å². The van der Waals surface area contributed by atoms with Crippen molar-refractivity contribution in [1.82, 2.24) is 0 Å². The van der Waals surface area contributed by atoms with Crippen molar-refractivity contribution in [3.8, 4) is 11.5 Å². The molecule has 2 aliphatic rings. The minimum absolute atomic E-state index is 0.119. The van der Waals surface area contributed by atoms with Crippen LogP contribution in [0, 0.1) is 0 Å². The highest BCUT2D eigenvalue weighted by Gasteiger charge is 2.43. The predicted molar refractivity (Wildman–Crippen MR) is 112 cm³/mol. The largest absolute Gasteiger partial charge is 0.493 e. The summed E-state index contributed by atoms with van der Waals surface area (Å²) in [5.41, 5.74) is 0.303. The number of halogens is 3. The fourth-order valence-corrected chi connectivity index (χ4v) is 4.54. The summed E-state index contributed by atoms with van der Waals surface area (Å²) in [4.78, 5) is 27.3. The fraction of sp³-hybridized carbons (Fsp3) is 0.333. The molecule has 1 amide bonds. The van der Waals surface area contributed by atoms with Crippen LogP contribution in [0.25, 0.3) is 0 Å². The summed E-state index contributed by atoms with van der Waals surface area (Å²) in [5, 5.41) is 0. The van der Waals surface area contributed by atoms with Gasteiger partial charge in [-0.2, -0.15) is 13.2 Å². The number of ether oxygens (including phenoxy) is 2. The van der Waals surface area contributed by atoms with E-state index in [0.717, 1.165) is 11.0 Å². The number of ketones is 1. The zero-order valence-corrected chi connectivity index (χ0v) is 17.7. The first kappa shape index (κ1) is 21.9. The van der Waals surface area contributed by atoms with E-state index in [1.807, 2.05) is 0 Å². The van der Waals surface area contributed by atoms with E-state index in [1.54, 1.807) is 18.2 Å². The minimum Gasteiger partial charge on any atom is -0.493 e. The van der Waals surface area contributed by atoms with Gasteiger partial charge >= 0.3 is 6.18 Å². The van der Waals surface area contributed by atoms with Gasteiger partial charge in [-0.25, -0.2) is 0 Å². The first-order valence-electron chi connectivity index (χ1n) is 10.2. The number of methoxy groups -OCH3 is 2. The number of nitrogens with zero attached hydrogens (tertiary/aromatic N) is 1. The Morgan fingerprint density at radius 3 is 2.38 bits per heavy atom. The second-order valence-corrected chi connectivity index (χ2v) is 7.75. The molecular formula is C24H22F3NO4. The van der Waals surface area contributed by atoms with Crippen LogP contribution in [-0.2, 0) is 15.8 Å². The highest BCUT2D eigenvalue weighted by atomic mass is 19.4. The van der Waals surface area contributed by atoms with Gasteiger partial charge in [0.1, 0.15) is 0 Å². The van der Waals surface area contributed by atoms with Crippen LogP contribution in [0.2, 0.25) is 0 Å². The molecule has 0 fully saturated rings. The number of hydrogen-bond acceptors (Lipinski definition) is 4. The lowest BCUT2D eigenvalue weighted by Crippen LogP contribution is -2.41. The maximum absolute atomic E-state index is 13.7. The molecule has 0 N–H and O–H groups in total. The van der Waals surface area contributed by atoms with Crippen LogP contribution >= 0.6 is 0 Å². The van der Waals surface area contributed by atoms with Gasteiger partial charge in [-0.15, -0.1) is 0 Å². The molecule has 2 aromatic carbocycles. The number of alkyl halides is 3. The van der Waals surface area contributed by atoms with Crippen LogP contribution in [0.1, 0.15) is 42.7 Å². The van der Waals surface area contributed by atoms with E-state index in [0.29, 0.717) is 47.6 Å². The van der Waals surface area contributed by atoms with Crippen molar-refractivity contribution in [2.45, 2.75) is 37.8 Å². The van der Waals surface area contributed by atoms with Crippen LogP contribution in [0.15, 0.2) is 53.7 Å². The fourth-order valence-electron chi connectivity index (χ4n) is 4.54. The summed E-state index contributed by atoms with van der Waals surface area (Å²) in [6.45, 7) is 0. The number of Topliss-reactive ketones (excluding diaryl/α,β-unsaturated/α-hetero) is 1. The number of carbonyl (C=O) groups is 2. The van der Waals surface area contributed by atoms with Gasteiger partial charge in [-0.05, 0) is 42.7 Å². The second kappa shape index (κ2) is 8.33. The molecule has 0 bridgehead atoms. The molecule has 168 valence electrons. The summed E-state index contributed by atoms with van der Waals surface area (Å²) >= 11 is 0. The third kappa shape index (κ3) is 3.74. The van der Waals surface area contributed by atoms with Gasteiger partial charge in [0, 0.05) is 30.0 Å². The van der Waals surface area contributed by atoms with Crippen LogP contribution in [-0.4, -0.2) is 25.9 Å². The van der Waals surface area contributed by atoms with Crippen LogP contribution in [0.3, 0.4) is 0 Å². The number of rotatable bonds is 4. The normalized spacial score (nSPS) is 19.2. The maximum atomic E-state index is 13.7. The minimum atomic E-state index is -4.63. The van der Waals surface area contributed by atoms with Crippen molar-refractivity contribution in [3.63, 3.8) is 0 Å². The molecule has 0 aromatic heterocycles. The van der Waals surface area contributed by atoms with Crippen LogP contribution < -0.4 is 14.4 Å². The molecule has 2 aromatic rings. The monoisotopic (exact) mass is 445 g/mol. The molecule has 1 aliphatic carbocycles. The average Bonchev–Trinajstić information content (AvgIpc) is 2.77. The number of carbonyl (C=O) groups excluding carboxylic acids is 2. The third-order valence-electron chi connectivity index (χ3n) is 5.94. The van der Waals surface area contributed by atoms with E-state index < -0.39 is 23.6 Å². The highest BCUT2D eigenvalue weighted by molar-refractivity contribution is 6.07. The molecule has 0 radical (unpaired) electrons. The molecule has 4 rings (SSSR count). The number of allylic oxidation sites excluding steroid dienone is 2. The van der Waals surface area contributed by atoms with Crippen molar-refractivity contribution < 1.29 is 32.2 Å². The summed E-state index contributed by atoms with van der Waals surface area (Å²) in [5.74, 6) is -0.224. The van der Waals surface area contributed by atoms with Crippen molar-refractivity contribution >= 4 is 17.4 Å². The van der Waals surface area contributed by atoms with Gasteiger partial charge in [0.25, 0.3) is 0 Å². The molecule has 0 saturated heterocycles. The zero-order valence-electron chi connectivity index (χ0n) is 17.7.